The Hall–Kier alpha value is -2.29. The summed E-state index contributed by atoms with van der Waals surface area (Å²) < 4.78 is 0. The van der Waals surface area contributed by atoms with Crippen LogP contribution in [0.3, 0.4) is 0 Å². The second kappa shape index (κ2) is 6.91. The summed E-state index contributed by atoms with van der Waals surface area (Å²) in [5.41, 5.74) is 6.71. The van der Waals surface area contributed by atoms with E-state index >= 15 is 0 Å². The van der Waals surface area contributed by atoms with Crippen molar-refractivity contribution < 1.29 is 4.79 Å². The highest BCUT2D eigenvalue weighted by molar-refractivity contribution is 5.79. The first kappa shape index (κ1) is 16.2. The number of hydrogen-bond donors (Lipinski definition) is 0. The molecule has 1 fully saturated rings. The second-order valence-corrected chi connectivity index (χ2v) is 7.29. The molecular formula is C22H26N2O. The Morgan fingerprint density at radius 3 is 2.52 bits per heavy atom. The Morgan fingerprint density at radius 1 is 0.960 bits per heavy atom. The van der Waals surface area contributed by atoms with Crippen molar-refractivity contribution in [3.05, 3.63) is 64.7 Å². The molecule has 25 heavy (non-hydrogen) atoms. The summed E-state index contributed by atoms with van der Waals surface area (Å²) in [7, 11) is 0. The van der Waals surface area contributed by atoms with Crippen LogP contribution < -0.4 is 4.90 Å². The van der Waals surface area contributed by atoms with E-state index in [2.05, 4.69) is 54.3 Å². The van der Waals surface area contributed by atoms with Crippen LogP contribution in [-0.4, -0.2) is 37.0 Å². The van der Waals surface area contributed by atoms with Crippen LogP contribution in [0.2, 0.25) is 0 Å². The lowest BCUT2D eigenvalue weighted by Crippen LogP contribution is -2.49. The van der Waals surface area contributed by atoms with Crippen molar-refractivity contribution in [2.24, 2.45) is 0 Å². The van der Waals surface area contributed by atoms with Crippen molar-refractivity contribution in [2.75, 3.05) is 31.1 Å². The van der Waals surface area contributed by atoms with Crippen LogP contribution in [-0.2, 0) is 24.1 Å². The highest BCUT2D eigenvalue weighted by Crippen LogP contribution is 2.24. The molecular weight excluding hydrogens is 308 g/mol. The zero-order chi connectivity index (χ0) is 17.2. The molecule has 0 unspecified atom stereocenters. The number of anilines is 1. The Bertz CT molecular complexity index is 775. The zero-order valence-electron chi connectivity index (χ0n) is 15.0. The molecule has 1 aliphatic heterocycles. The molecule has 3 nitrogen and oxygen atoms in total. The fraction of sp³-hybridized carbons (Fsp3) is 0.409. The van der Waals surface area contributed by atoms with Crippen LogP contribution in [0, 0.1) is 6.92 Å². The van der Waals surface area contributed by atoms with Gasteiger partial charge < -0.3 is 9.80 Å². The molecule has 1 aliphatic carbocycles. The quantitative estimate of drug-likeness (QED) is 0.859. The predicted octanol–water partition coefficient (Wildman–Crippen LogP) is 3.38. The largest absolute Gasteiger partial charge is 0.368 e. The lowest BCUT2D eigenvalue weighted by atomic mass is 10.0. The lowest BCUT2D eigenvalue weighted by molar-refractivity contribution is -0.130. The molecule has 0 radical (unpaired) electrons. The van der Waals surface area contributed by atoms with Gasteiger partial charge in [0, 0.05) is 31.9 Å². The van der Waals surface area contributed by atoms with Gasteiger partial charge in [-0.3, -0.25) is 4.79 Å². The van der Waals surface area contributed by atoms with E-state index in [9.17, 15) is 4.79 Å². The number of piperazine rings is 1. The number of carbonyl (C=O) groups is 1. The molecule has 2 aliphatic rings. The van der Waals surface area contributed by atoms with Gasteiger partial charge in [0.25, 0.3) is 0 Å². The topological polar surface area (TPSA) is 23.6 Å². The number of hydrogen-bond acceptors (Lipinski definition) is 2. The summed E-state index contributed by atoms with van der Waals surface area (Å²) in [5, 5.41) is 0. The SMILES string of the molecule is Cc1ccccc1N1CCN(C(=O)Cc2ccc3c(c2)CCC3)CC1. The minimum atomic E-state index is 0.266. The summed E-state index contributed by atoms with van der Waals surface area (Å²) in [4.78, 5) is 17.1. The Labute approximate surface area is 150 Å². The van der Waals surface area contributed by atoms with Crippen molar-refractivity contribution in [1.29, 1.82) is 0 Å². The average molecular weight is 334 g/mol. The molecule has 130 valence electrons. The minimum absolute atomic E-state index is 0.266. The maximum Gasteiger partial charge on any atom is 0.227 e. The first-order valence-electron chi connectivity index (χ1n) is 9.40. The maximum atomic E-state index is 12.7. The molecule has 0 saturated carbocycles. The van der Waals surface area contributed by atoms with Crippen LogP contribution in [0.25, 0.3) is 0 Å². The van der Waals surface area contributed by atoms with Crippen LogP contribution in [0.15, 0.2) is 42.5 Å². The molecule has 0 N–H and O–H groups in total. The van der Waals surface area contributed by atoms with Crippen molar-refractivity contribution in [3.8, 4) is 0 Å². The molecule has 4 rings (SSSR count). The second-order valence-electron chi connectivity index (χ2n) is 7.29. The van der Waals surface area contributed by atoms with Crippen molar-refractivity contribution in [1.82, 2.24) is 4.90 Å². The van der Waals surface area contributed by atoms with Crippen LogP contribution >= 0.6 is 0 Å². The first-order chi connectivity index (χ1) is 12.2. The van der Waals surface area contributed by atoms with Gasteiger partial charge in [0.05, 0.1) is 6.42 Å². The third-order valence-corrected chi connectivity index (χ3v) is 5.61. The van der Waals surface area contributed by atoms with E-state index in [1.165, 1.54) is 47.2 Å². The molecule has 2 aromatic carbocycles. The zero-order valence-corrected chi connectivity index (χ0v) is 15.0. The van der Waals surface area contributed by atoms with E-state index in [0.717, 1.165) is 26.2 Å². The van der Waals surface area contributed by atoms with Crippen molar-refractivity contribution in [2.45, 2.75) is 32.6 Å². The maximum absolute atomic E-state index is 12.7. The van der Waals surface area contributed by atoms with Gasteiger partial charge in [-0.25, -0.2) is 0 Å². The minimum Gasteiger partial charge on any atom is -0.368 e. The molecule has 1 amide bonds. The number of amides is 1. The van der Waals surface area contributed by atoms with Crippen LogP contribution in [0.4, 0.5) is 5.69 Å². The van der Waals surface area contributed by atoms with Crippen molar-refractivity contribution >= 4 is 11.6 Å². The van der Waals surface area contributed by atoms with E-state index in [1.54, 1.807) is 0 Å². The lowest BCUT2D eigenvalue weighted by Gasteiger charge is -2.37. The van der Waals surface area contributed by atoms with Gasteiger partial charge >= 0.3 is 0 Å². The van der Waals surface area contributed by atoms with Gasteiger partial charge in [-0.1, -0.05) is 36.4 Å². The molecule has 1 heterocycles. The van der Waals surface area contributed by atoms with E-state index in [0.29, 0.717) is 6.42 Å². The third-order valence-electron chi connectivity index (χ3n) is 5.61. The number of benzene rings is 2. The number of fused-ring (bicyclic) bond motifs is 1. The molecule has 3 heteroatoms. The number of para-hydroxylation sites is 1. The van der Waals surface area contributed by atoms with E-state index in [1.807, 2.05) is 4.90 Å². The number of carbonyl (C=O) groups excluding carboxylic acids is 1. The summed E-state index contributed by atoms with van der Waals surface area (Å²) in [6, 6.07) is 15.1. The predicted molar refractivity (Wildman–Crippen MR) is 102 cm³/mol. The number of aryl methyl sites for hydroxylation is 3. The number of rotatable bonds is 3. The van der Waals surface area contributed by atoms with Crippen LogP contribution in [0.5, 0.6) is 0 Å². The van der Waals surface area contributed by atoms with Crippen LogP contribution in [0.1, 0.15) is 28.7 Å². The Morgan fingerprint density at radius 2 is 1.72 bits per heavy atom. The van der Waals surface area contributed by atoms with Gasteiger partial charge in [0.2, 0.25) is 5.91 Å². The summed E-state index contributed by atoms with van der Waals surface area (Å²) in [5.74, 6) is 0.266. The molecule has 0 spiro atoms. The van der Waals surface area contributed by atoms with Gasteiger partial charge in [-0.05, 0) is 54.5 Å². The molecule has 0 bridgehead atoms. The Balaban J connectivity index is 1.36. The molecule has 2 aromatic rings. The monoisotopic (exact) mass is 334 g/mol. The van der Waals surface area contributed by atoms with Gasteiger partial charge in [-0.2, -0.15) is 0 Å². The highest BCUT2D eigenvalue weighted by Gasteiger charge is 2.22. The summed E-state index contributed by atoms with van der Waals surface area (Å²) >= 11 is 0. The van der Waals surface area contributed by atoms with Crippen molar-refractivity contribution in [3.63, 3.8) is 0 Å². The smallest absolute Gasteiger partial charge is 0.227 e. The van der Waals surface area contributed by atoms with Gasteiger partial charge in [-0.15, -0.1) is 0 Å². The fourth-order valence-corrected chi connectivity index (χ4v) is 4.14. The summed E-state index contributed by atoms with van der Waals surface area (Å²) in [6.45, 7) is 5.62. The van der Waals surface area contributed by atoms with E-state index in [-0.39, 0.29) is 5.91 Å². The molecule has 1 saturated heterocycles. The fourth-order valence-electron chi connectivity index (χ4n) is 4.14. The average Bonchev–Trinajstić information content (AvgIpc) is 3.10. The summed E-state index contributed by atoms with van der Waals surface area (Å²) in [6.07, 6.45) is 4.17. The normalized spacial score (nSPS) is 16.8. The highest BCUT2D eigenvalue weighted by atomic mass is 16.2. The molecule has 0 atom stereocenters. The van der Waals surface area contributed by atoms with Gasteiger partial charge in [0.1, 0.15) is 0 Å². The molecule has 0 aromatic heterocycles. The first-order valence-corrected chi connectivity index (χ1v) is 9.40. The third kappa shape index (κ3) is 3.41. The van der Waals surface area contributed by atoms with E-state index < -0.39 is 0 Å². The Kier molecular flexibility index (Phi) is 4.48. The van der Waals surface area contributed by atoms with Gasteiger partial charge in [0.15, 0.2) is 0 Å². The number of nitrogens with zero attached hydrogens (tertiary/aromatic N) is 2. The standard InChI is InChI=1S/C22H26N2O/c1-17-5-2-3-8-21(17)23-11-13-24(14-12-23)22(25)16-18-9-10-19-6-4-7-20(19)15-18/h2-3,5,8-10,15H,4,6-7,11-14,16H2,1H3. The van der Waals surface area contributed by atoms with E-state index in [4.69, 9.17) is 0 Å².